The number of rotatable bonds is 5. The molecule has 2 nitrogen and oxygen atoms in total. The molecule has 0 bridgehead atoms. The van der Waals surface area contributed by atoms with Gasteiger partial charge in [0.1, 0.15) is 0 Å². The van der Waals surface area contributed by atoms with Crippen molar-refractivity contribution in [2.24, 2.45) is 0 Å². The minimum atomic E-state index is 1.12. The second-order valence-electron chi connectivity index (χ2n) is 11.4. The molecule has 2 aromatic heterocycles. The summed E-state index contributed by atoms with van der Waals surface area (Å²) in [5.74, 6) is 0. The lowest BCUT2D eigenvalue weighted by Gasteiger charge is -2.26. The summed E-state index contributed by atoms with van der Waals surface area (Å²) in [5.41, 5.74) is 9.37. The Bertz CT molecular complexity index is 2430. The van der Waals surface area contributed by atoms with Crippen LogP contribution in [0.15, 0.2) is 170 Å². The van der Waals surface area contributed by atoms with Gasteiger partial charge in [-0.1, -0.05) is 103 Å². The molecule has 0 saturated heterocycles. The summed E-state index contributed by atoms with van der Waals surface area (Å²) in [6.45, 7) is 0. The highest BCUT2D eigenvalue weighted by molar-refractivity contribution is 7.25. The van der Waals surface area contributed by atoms with Crippen LogP contribution in [0.4, 0.5) is 17.1 Å². The van der Waals surface area contributed by atoms with Crippen molar-refractivity contribution in [3.63, 3.8) is 0 Å². The minimum absolute atomic E-state index is 1.12. The first-order valence-electron chi connectivity index (χ1n) is 15.3. The largest absolute Gasteiger partial charge is 0.310 e. The van der Waals surface area contributed by atoms with E-state index in [1.807, 2.05) is 11.3 Å². The Morgan fingerprint density at radius 2 is 0.956 bits per heavy atom. The van der Waals surface area contributed by atoms with Gasteiger partial charge in [0.25, 0.3) is 0 Å². The first-order chi connectivity index (χ1) is 22.3. The van der Waals surface area contributed by atoms with Crippen molar-refractivity contribution in [2.75, 3.05) is 4.90 Å². The Balaban J connectivity index is 1.21. The zero-order valence-electron chi connectivity index (χ0n) is 24.5. The average Bonchev–Trinajstić information content (AvgIpc) is 3.65. The Kier molecular flexibility index (Phi) is 6.03. The highest BCUT2D eigenvalue weighted by Gasteiger charge is 2.17. The third kappa shape index (κ3) is 4.32. The van der Waals surface area contributed by atoms with Gasteiger partial charge in [-0.25, -0.2) is 0 Å². The van der Waals surface area contributed by atoms with E-state index in [1.54, 1.807) is 0 Å². The third-order valence-electron chi connectivity index (χ3n) is 8.78. The highest BCUT2D eigenvalue weighted by Crippen LogP contribution is 2.42. The standard InChI is InChI=1S/C42H28N2S/c1-2-11-29(12-3-1)30-13-10-14-33(27-30)43(34-25-26-38-37-17-6-9-20-41(37)45-42(38)28-34)31-21-23-32(24-22-31)44-39-18-7-4-15-35(39)36-16-5-8-19-40(36)44/h1-28H. The normalized spacial score (nSPS) is 11.6. The minimum Gasteiger partial charge on any atom is -0.310 e. The molecule has 0 unspecified atom stereocenters. The van der Waals surface area contributed by atoms with E-state index in [-0.39, 0.29) is 0 Å². The molecule has 0 atom stereocenters. The van der Waals surface area contributed by atoms with Crippen molar-refractivity contribution in [1.29, 1.82) is 0 Å². The van der Waals surface area contributed by atoms with Gasteiger partial charge in [0, 0.05) is 53.7 Å². The van der Waals surface area contributed by atoms with Crippen LogP contribution in [0.3, 0.4) is 0 Å². The molecular weight excluding hydrogens is 565 g/mol. The Labute approximate surface area is 265 Å². The zero-order chi connectivity index (χ0) is 29.7. The molecule has 9 aromatic rings. The maximum atomic E-state index is 2.38. The fourth-order valence-corrected chi connectivity index (χ4v) is 7.85. The topological polar surface area (TPSA) is 8.17 Å². The summed E-state index contributed by atoms with van der Waals surface area (Å²) in [6, 6.07) is 61.4. The SMILES string of the molecule is c1ccc(-c2cccc(N(c3ccc(-n4c5ccccc5c5ccccc54)cc3)c3ccc4c(c3)sc3ccccc34)c2)cc1. The van der Waals surface area contributed by atoms with Gasteiger partial charge in [-0.2, -0.15) is 0 Å². The Hall–Kier alpha value is -5.64. The molecule has 7 aromatic carbocycles. The lowest BCUT2D eigenvalue weighted by Crippen LogP contribution is -2.10. The van der Waals surface area contributed by atoms with Crippen LogP contribution in [0.1, 0.15) is 0 Å². The van der Waals surface area contributed by atoms with Crippen LogP contribution in [0.5, 0.6) is 0 Å². The van der Waals surface area contributed by atoms with Crippen LogP contribution in [0, 0.1) is 0 Å². The van der Waals surface area contributed by atoms with E-state index in [2.05, 4.69) is 179 Å². The lowest BCUT2D eigenvalue weighted by molar-refractivity contribution is 1.17. The molecular formula is C42H28N2S. The van der Waals surface area contributed by atoms with Crippen LogP contribution in [-0.2, 0) is 0 Å². The number of fused-ring (bicyclic) bond motifs is 6. The van der Waals surface area contributed by atoms with Crippen molar-refractivity contribution >= 4 is 70.4 Å². The predicted molar refractivity (Wildman–Crippen MR) is 194 cm³/mol. The number of thiophene rings is 1. The predicted octanol–water partition coefficient (Wildman–Crippen LogP) is 12.3. The molecule has 0 spiro atoms. The van der Waals surface area contributed by atoms with Crippen molar-refractivity contribution < 1.29 is 0 Å². The molecule has 0 aliphatic rings. The fraction of sp³-hybridized carbons (Fsp3) is 0. The van der Waals surface area contributed by atoms with Gasteiger partial charge < -0.3 is 9.47 Å². The molecule has 3 heteroatoms. The van der Waals surface area contributed by atoms with Crippen LogP contribution < -0.4 is 4.90 Å². The summed E-state index contributed by atoms with van der Waals surface area (Å²) < 4.78 is 4.98. The van der Waals surface area contributed by atoms with Gasteiger partial charge in [-0.3, -0.25) is 0 Å². The molecule has 212 valence electrons. The van der Waals surface area contributed by atoms with E-state index in [0.29, 0.717) is 0 Å². The molecule has 0 aliphatic heterocycles. The van der Waals surface area contributed by atoms with Gasteiger partial charge in [-0.05, 0) is 77.9 Å². The summed E-state index contributed by atoms with van der Waals surface area (Å²) in [4.78, 5) is 2.38. The van der Waals surface area contributed by atoms with Crippen molar-refractivity contribution in [1.82, 2.24) is 4.57 Å². The van der Waals surface area contributed by atoms with E-state index in [0.717, 1.165) is 22.7 Å². The van der Waals surface area contributed by atoms with Crippen LogP contribution in [0.2, 0.25) is 0 Å². The van der Waals surface area contributed by atoms with Crippen molar-refractivity contribution in [2.45, 2.75) is 0 Å². The maximum absolute atomic E-state index is 2.38. The molecule has 0 N–H and O–H groups in total. The van der Waals surface area contributed by atoms with Gasteiger partial charge in [0.15, 0.2) is 0 Å². The van der Waals surface area contributed by atoms with Crippen LogP contribution in [0.25, 0.3) is 58.8 Å². The third-order valence-corrected chi connectivity index (χ3v) is 9.91. The molecule has 0 saturated carbocycles. The Morgan fingerprint density at radius 3 is 1.71 bits per heavy atom. The van der Waals surface area contributed by atoms with Crippen LogP contribution >= 0.6 is 11.3 Å². The lowest BCUT2D eigenvalue weighted by atomic mass is 10.0. The number of benzene rings is 7. The van der Waals surface area contributed by atoms with E-state index in [1.165, 1.54) is 53.1 Å². The number of anilines is 3. The van der Waals surface area contributed by atoms with E-state index >= 15 is 0 Å². The van der Waals surface area contributed by atoms with E-state index in [9.17, 15) is 0 Å². The van der Waals surface area contributed by atoms with Crippen molar-refractivity contribution in [3.05, 3.63) is 170 Å². The summed E-state index contributed by atoms with van der Waals surface area (Å²) >= 11 is 1.86. The van der Waals surface area contributed by atoms with E-state index in [4.69, 9.17) is 0 Å². The summed E-state index contributed by atoms with van der Waals surface area (Å²) in [7, 11) is 0. The number of hydrogen-bond donors (Lipinski definition) is 0. The molecule has 2 heterocycles. The number of aromatic nitrogens is 1. The zero-order valence-corrected chi connectivity index (χ0v) is 25.3. The quantitative estimate of drug-likeness (QED) is 0.193. The average molecular weight is 593 g/mol. The summed E-state index contributed by atoms with van der Waals surface area (Å²) in [5, 5.41) is 5.16. The first kappa shape index (κ1) is 25.8. The number of para-hydroxylation sites is 2. The first-order valence-corrected chi connectivity index (χ1v) is 16.1. The molecule has 0 fully saturated rings. The van der Waals surface area contributed by atoms with Gasteiger partial charge in [0.2, 0.25) is 0 Å². The second kappa shape index (κ2) is 10.5. The molecule has 0 amide bonds. The smallest absolute Gasteiger partial charge is 0.0541 e. The van der Waals surface area contributed by atoms with Gasteiger partial charge >= 0.3 is 0 Å². The highest BCUT2D eigenvalue weighted by atomic mass is 32.1. The Morgan fingerprint density at radius 1 is 0.378 bits per heavy atom. The maximum Gasteiger partial charge on any atom is 0.0541 e. The van der Waals surface area contributed by atoms with Crippen LogP contribution in [-0.4, -0.2) is 4.57 Å². The molecule has 45 heavy (non-hydrogen) atoms. The molecule has 0 radical (unpaired) electrons. The molecule has 9 rings (SSSR count). The van der Waals surface area contributed by atoms with Crippen molar-refractivity contribution in [3.8, 4) is 16.8 Å². The fourth-order valence-electron chi connectivity index (χ4n) is 6.71. The second-order valence-corrected chi connectivity index (χ2v) is 12.5. The van der Waals surface area contributed by atoms with Gasteiger partial charge in [-0.15, -0.1) is 11.3 Å². The summed E-state index contributed by atoms with van der Waals surface area (Å²) in [6.07, 6.45) is 0. The van der Waals surface area contributed by atoms with Gasteiger partial charge in [0.05, 0.1) is 11.0 Å². The monoisotopic (exact) mass is 592 g/mol. The number of nitrogens with zero attached hydrogens (tertiary/aromatic N) is 2. The molecule has 0 aliphatic carbocycles. The van der Waals surface area contributed by atoms with E-state index < -0.39 is 0 Å². The number of hydrogen-bond acceptors (Lipinski definition) is 2.